The van der Waals surface area contributed by atoms with Gasteiger partial charge in [0.05, 0.1) is 60.6 Å². The third-order valence-electron chi connectivity index (χ3n) is 14.1. The molecule has 0 radical (unpaired) electrons. The van der Waals surface area contributed by atoms with Crippen LogP contribution >= 0.6 is 11.6 Å². The summed E-state index contributed by atoms with van der Waals surface area (Å²) in [6, 6.07) is 23.7. The molecule has 2 aliphatic heterocycles. The second-order valence-electron chi connectivity index (χ2n) is 19.1. The minimum Gasteiger partial charge on any atom is -0.457 e. The molecular weight excluding hydrogens is 909 g/mol. The molecule has 5 aromatic rings. The SMILES string of the molecule is C[C@H]1C(=O)C[C@@H](CO)C(=O)N[C@@]2(Cc3ccc(Cl)cc3)CCCN(C2)C(=O)[C@H]([C@@H]2CCc3ccccc32)CC(=O)N1Cc1ccc(C(F)(F)F)cc1Oc1ccc(-c2cnc(CN(C)C)n2C)cc1. The molecule has 1 aliphatic carbocycles. The number of alkyl halides is 3. The van der Waals surface area contributed by atoms with Crippen LogP contribution in [0.25, 0.3) is 11.3 Å². The van der Waals surface area contributed by atoms with Crippen molar-refractivity contribution in [2.24, 2.45) is 18.9 Å². The highest BCUT2D eigenvalue weighted by molar-refractivity contribution is 6.30. The summed E-state index contributed by atoms with van der Waals surface area (Å²) in [4.78, 5) is 68.7. The number of carbonyl (C=O) groups excluding carboxylic acids is 4. The number of hydrogen-bond donors (Lipinski definition) is 2. The van der Waals surface area contributed by atoms with Crippen LogP contribution < -0.4 is 10.1 Å². The number of hydrogen-bond acceptors (Lipinski definition) is 8. The molecule has 3 heterocycles. The van der Waals surface area contributed by atoms with Gasteiger partial charge in [0.1, 0.15) is 17.3 Å². The van der Waals surface area contributed by atoms with E-state index in [0.29, 0.717) is 50.2 Å². The molecular formula is C53H58ClF3N6O6. The van der Waals surface area contributed by atoms with Crippen LogP contribution in [0.1, 0.15) is 78.6 Å². The standard InChI is InChI=1S/C53H58ClF3N6O6/c1-33-46(65)24-38(31-64)50(67)59-52(27-34-10-17-40(54)18-11-34)22-7-23-62(32-52)51(68)44(43-21-15-35-8-5-6-9-42(35)43)26-49(66)63(33)29-37-12-16-39(53(55,56)57)25-47(37)69-41-19-13-36(14-20-41)45-28-58-48(61(45)4)30-60(2)3/h5-6,8-14,16-20,25,28,33,38,43-44,64H,7,15,21-24,26-27,29-32H2,1-4H3,(H,59,67)/t33-,38-,43+,44-,52+/m0/s1. The number of ether oxygens (including phenoxy) is 1. The fraction of sp³-hybridized carbons (Fsp3) is 0.415. The van der Waals surface area contributed by atoms with Crippen LogP contribution in [0.4, 0.5) is 13.2 Å². The average Bonchev–Trinajstić information content (AvgIpc) is 3.91. The predicted molar refractivity (Wildman–Crippen MR) is 255 cm³/mol. The monoisotopic (exact) mass is 966 g/mol. The molecule has 0 spiro atoms. The third kappa shape index (κ3) is 11.1. The quantitative estimate of drug-likeness (QED) is 0.135. The predicted octanol–water partition coefficient (Wildman–Crippen LogP) is 8.37. The van der Waals surface area contributed by atoms with E-state index in [1.165, 1.54) is 17.9 Å². The second-order valence-corrected chi connectivity index (χ2v) is 19.6. The number of aromatic nitrogens is 2. The van der Waals surface area contributed by atoms with Crippen molar-refractivity contribution >= 4 is 35.1 Å². The third-order valence-corrected chi connectivity index (χ3v) is 14.3. The lowest BCUT2D eigenvalue weighted by atomic mass is 9.79. The number of nitrogens with one attached hydrogen (secondary N) is 1. The van der Waals surface area contributed by atoms with E-state index in [9.17, 15) is 27.9 Å². The Morgan fingerprint density at radius 1 is 0.957 bits per heavy atom. The maximum absolute atomic E-state index is 15.3. The topological polar surface area (TPSA) is 137 Å². The first-order valence-electron chi connectivity index (χ1n) is 23.4. The maximum atomic E-state index is 15.3. The molecule has 8 rings (SSSR count). The van der Waals surface area contributed by atoms with Crippen molar-refractivity contribution in [3.8, 4) is 22.8 Å². The van der Waals surface area contributed by atoms with E-state index in [1.54, 1.807) is 47.5 Å². The summed E-state index contributed by atoms with van der Waals surface area (Å²) >= 11 is 6.23. The van der Waals surface area contributed by atoms with Crippen molar-refractivity contribution in [1.29, 1.82) is 0 Å². The molecule has 69 heavy (non-hydrogen) atoms. The van der Waals surface area contributed by atoms with Gasteiger partial charge in [-0.3, -0.25) is 19.2 Å². The maximum Gasteiger partial charge on any atom is 0.416 e. The Morgan fingerprint density at radius 3 is 2.41 bits per heavy atom. The van der Waals surface area contributed by atoms with Gasteiger partial charge in [0.15, 0.2) is 5.78 Å². The Labute approximate surface area is 405 Å². The van der Waals surface area contributed by atoms with Crippen molar-refractivity contribution in [2.75, 3.05) is 33.8 Å². The lowest BCUT2D eigenvalue weighted by molar-refractivity contribution is -0.148. The number of Topliss-reactive ketones (excluding diaryl/α,β-unsaturated/α-hetero) is 1. The van der Waals surface area contributed by atoms with Crippen LogP contribution in [0.15, 0.2) is 97.2 Å². The number of halogens is 4. The van der Waals surface area contributed by atoms with E-state index < -0.39 is 65.8 Å². The first kappa shape index (κ1) is 49.4. The van der Waals surface area contributed by atoms with Crippen LogP contribution in [0.5, 0.6) is 11.5 Å². The number of amides is 3. The molecule has 0 saturated carbocycles. The summed E-state index contributed by atoms with van der Waals surface area (Å²) in [5, 5.41) is 14.4. The number of aliphatic hydroxyl groups excluding tert-OH is 1. The van der Waals surface area contributed by atoms with Gasteiger partial charge in [-0.1, -0.05) is 54.1 Å². The number of ketones is 1. The molecule has 2 saturated heterocycles. The summed E-state index contributed by atoms with van der Waals surface area (Å²) < 4.78 is 51.2. The molecule has 3 aliphatic rings. The van der Waals surface area contributed by atoms with Gasteiger partial charge in [-0.05, 0) is 124 Å². The van der Waals surface area contributed by atoms with Crippen molar-refractivity contribution < 1.29 is 42.2 Å². The summed E-state index contributed by atoms with van der Waals surface area (Å²) in [6.07, 6.45) is -1.02. The summed E-state index contributed by atoms with van der Waals surface area (Å²) in [5.41, 5.74) is 2.77. The minimum absolute atomic E-state index is 0.123. The van der Waals surface area contributed by atoms with Gasteiger partial charge in [0.2, 0.25) is 17.7 Å². The number of aliphatic hydroxyl groups is 1. The number of aryl methyl sites for hydroxylation is 1. The fourth-order valence-corrected chi connectivity index (χ4v) is 10.4. The Kier molecular flexibility index (Phi) is 14.7. The summed E-state index contributed by atoms with van der Waals surface area (Å²) in [7, 11) is 5.79. The van der Waals surface area contributed by atoms with Crippen molar-refractivity contribution in [3.05, 3.63) is 136 Å². The van der Waals surface area contributed by atoms with Gasteiger partial charge in [-0.25, -0.2) is 4.98 Å². The lowest BCUT2D eigenvalue weighted by Crippen LogP contribution is -2.63. The molecule has 16 heteroatoms. The molecule has 0 unspecified atom stereocenters. The average molecular weight is 968 g/mol. The molecule has 2 bridgehead atoms. The molecule has 1 aromatic heterocycles. The molecule has 5 atom stereocenters. The van der Waals surface area contributed by atoms with Crippen molar-refractivity contribution in [1.82, 2.24) is 29.6 Å². The molecule has 12 nitrogen and oxygen atoms in total. The number of nitrogens with zero attached hydrogens (tertiary/aromatic N) is 5. The zero-order valence-corrected chi connectivity index (χ0v) is 40.0. The fourth-order valence-electron chi connectivity index (χ4n) is 10.3. The molecule has 3 amide bonds. The van der Waals surface area contributed by atoms with E-state index in [1.807, 2.05) is 67.0 Å². The number of fused-ring (bicyclic) bond motifs is 3. The molecule has 2 N–H and O–H groups in total. The van der Waals surface area contributed by atoms with Crippen LogP contribution in [0.2, 0.25) is 5.02 Å². The lowest BCUT2D eigenvalue weighted by Gasteiger charge is -2.46. The molecule has 4 aromatic carbocycles. The zero-order valence-electron chi connectivity index (χ0n) is 39.3. The van der Waals surface area contributed by atoms with Gasteiger partial charge >= 0.3 is 6.18 Å². The van der Waals surface area contributed by atoms with Crippen LogP contribution in [0, 0.1) is 11.8 Å². The Hall–Kier alpha value is -6.03. The van der Waals surface area contributed by atoms with Crippen molar-refractivity contribution in [2.45, 2.75) is 88.6 Å². The number of rotatable bonds is 11. The minimum atomic E-state index is -4.74. The smallest absolute Gasteiger partial charge is 0.416 e. The zero-order chi connectivity index (χ0) is 49.2. The number of piperidine rings is 1. The normalized spacial score (nSPS) is 22.7. The van der Waals surface area contributed by atoms with Gasteiger partial charge in [-0.15, -0.1) is 0 Å². The summed E-state index contributed by atoms with van der Waals surface area (Å²) in [6.45, 7) is 1.59. The van der Waals surface area contributed by atoms with Gasteiger partial charge in [-0.2, -0.15) is 13.2 Å². The van der Waals surface area contributed by atoms with E-state index >= 15 is 9.59 Å². The summed E-state index contributed by atoms with van der Waals surface area (Å²) in [5.74, 6) is -3.49. The van der Waals surface area contributed by atoms with E-state index in [0.717, 1.165) is 45.9 Å². The Balaban J connectivity index is 1.16. The number of carbonyl (C=O) groups is 4. The van der Waals surface area contributed by atoms with Crippen molar-refractivity contribution in [3.63, 3.8) is 0 Å². The molecule has 2 fully saturated rings. The number of imidazole rings is 1. The van der Waals surface area contributed by atoms with Gasteiger partial charge in [0.25, 0.3) is 0 Å². The first-order valence-corrected chi connectivity index (χ1v) is 23.8. The van der Waals surface area contributed by atoms with Gasteiger partial charge < -0.3 is 34.4 Å². The highest BCUT2D eigenvalue weighted by atomic mass is 35.5. The van der Waals surface area contributed by atoms with Crippen LogP contribution in [0.3, 0.4) is 0 Å². The van der Waals surface area contributed by atoms with Crippen LogP contribution in [-0.4, -0.2) is 98.2 Å². The van der Waals surface area contributed by atoms with Crippen LogP contribution in [-0.2, 0) is 58.3 Å². The van der Waals surface area contributed by atoms with Gasteiger partial charge in [0, 0.05) is 49.1 Å². The first-order chi connectivity index (χ1) is 32.9. The van der Waals surface area contributed by atoms with E-state index in [2.05, 4.69) is 10.3 Å². The highest BCUT2D eigenvalue weighted by Crippen LogP contribution is 2.43. The second kappa shape index (κ2) is 20.5. The highest BCUT2D eigenvalue weighted by Gasteiger charge is 2.46. The largest absolute Gasteiger partial charge is 0.457 e. The number of benzene rings is 4. The molecule has 364 valence electrons. The van der Waals surface area contributed by atoms with E-state index in [4.69, 9.17) is 16.3 Å². The Bertz CT molecular complexity index is 2690. The van der Waals surface area contributed by atoms with E-state index in [-0.39, 0.29) is 48.4 Å². The Morgan fingerprint density at radius 2 is 1.70 bits per heavy atom.